The second-order valence-corrected chi connectivity index (χ2v) is 4.24. The van der Waals surface area contributed by atoms with Crippen molar-refractivity contribution in [1.82, 2.24) is 4.98 Å². The monoisotopic (exact) mass is 238 g/mol. The van der Waals surface area contributed by atoms with E-state index in [0.29, 0.717) is 10.7 Å². The van der Waals surface area contributed by atoms with Crippen molar-refractivity contribution in [2.45, 2.75) is 9.79 Å². The summed E-state index contributed by atoms with van der Waals surface area (Å²) in [5.74, 6) is -1.28. The highest BCUT2D eigenvalue weighted by Gasteiger charge is 2.04. The summed E-state index contributed by atoms with van der Waals surface area (Å²) in [6.45, 7) is 0. The fourth-order valence-corrected chi connectivity index (χ4v) is 1.94. The largest absolute Gasteiger partial charge is 0.384 e. The van der Waals surface area contributed by atoms with E-state index in [-0.39, 0.29) is 0 Å². The van der Waals surface area contributed by atoms with Gasteiger partial charge in [-0.25, -0.2) is 13.8 Å². The van der Waals surface area contributed by atoms with Crippen LogP contribution in [0.5, 0.6) is 0 Å². The highest BCUT2D eigenvalue weighted by molar-refractivity contribution is 7.99. The molecule has 1 aromatic heterocycles. The molecule has 0 atom stereocenters. The van der Waals surface area contributed by atoms with Gasteiger partial charge >= 0.3 is 0 Å². The van der Waals surface area contributed by atoms with Crippen molar-refractivity contribution in [1.29, 1.82) is 0 Å². The Morgan fingerprint density at radius 1 is 1.00 bits per heavy atom. The van der Waals surface area contributed by atoms with Crippen molar-refractivity contribution < 1.29 is 8.78 Å². The second-order valence-electron chi connectivity index (χ2n) is 3.10. The van der Waals surface area contributed by atoms with Crippen LogP contribution in [0, 0.1) is 11.6 Å². The molecule has 82 valence electrons. The smallest absolute Gasteiger partial charge is 0.159 e. The molecule has 1 heterocycles. The fourth-order valence-electron chi connectivity index (χ4n) is 1.13. The first-order valence-electron chi connectivity index (χ1n) is 4.49. The average Bonchev–Trinajstić information content (AvgIpc) is 2.27. The number of hydrogen-bond acceptors (Lipinski definition) is 3. The molecule has 0 spiro atoms. The molecular formula is C11H8F2N2S. The minimum Gasteiger partial charge on any atom is -0.384 e. The van der Waals surface area contributed by atoms with Gasteiger partial charge in [0.05, 0.1) is 0 Å². The quantitative estimate of drug-likeness (QED) is 0.873. The van der Waals surface area contributed by atoms with Gasteiger partial charge in [0.2, 0.25) is 0 Å². The number of aromatic nitrogens is 1. The van der Waals surface area contributed by atoms with Gasteiger partial charge in [-0.05, 0) is 30.3 Å². The van der Waals surface area contributed by atoms with E-state index in [1.807, 2.05) is 0 Å². The normalized spacial score (nSPS) is 10.4. The highest BCUT2D eigenvalue weighted by Crippen LogP contribution is 2.28. The van der Waals surface area contributed by atoms with Crippen LogP contribution in [-0.2, 0) is 0 Å². The van der Waals surface area contributed by atoms with Gasteiger partial charge < -0.3 is 5.73 Å². The van der Waals surface area contributed by atoms with Crippen molar-refractivity contribution in [3.8, 4) is 0 Å². The molecule has 1 aromatic carbocycles. The zero-order valence-electron chi connectivity index (χ0n) is 8.15. The molecule has 0 fully saturated rings. The molecule has 5 heteroatoms. The topological polar surface area (TPSA) is 38.9 Å². The van der Waals surface area contributed by atoms with Crippen LogP contribution >= 0.6 is 11.8 Å². The van der Waals surface area contributed by atoms with Crippen molar-refractivity contribution in [3.63, 3.8) is 0 Å². The van der Waals surface area contributed by atoms with Gasteiger partial charge in [0.15, 0.2) is 11.6 Å². The summed E-state index contributed by atoms with van der Waals surface area (Å²) in [6, 6.07) is 7.19. The van der Waals surface area contributed by atoms with Gasteiger partial charge in [0.25, 0.3) is 0 Å². The molecule has 0 aliphatic rings. The Hall–Kier alpha value is -1.62. The van der Waals surface area contributed by atoms with Gasteiger partial charge in [0.1, 0.15) is 5.82 Å². The van der Waals surface area contributed by atoms with Crippen LogP contribution in [0.15, 0.2) is 46.3 Å². The van der Waals surface area contributed by atoms with Gasteiger partial charge in [-0.1, -0.05) is 11.8 Å². The number of rotatable bonds is 2. The standard InChI is InChI=1S/C11H8F2N2S/c12-9-3-1-7(5-10(9)13)16-8-2-4-11(14)15-6-8/h1-6H,(H2,14,15). The maximum absolute atomic E-state index is 12.9. The Kier molecular flexibility index (Phi) is 3.05. The number of hydrogen-bond donors (Lipinski definition) is 1. The molecule has 0 aliphatic carbocycles. The highest BCUT2D eigenvalue weighted by atomic mass is 32.2. The summed E-state index contributed by atoms with van der Waals surface area (Å²) >= 11 is 1.29. The number of halogens is 2. The van der Waals surface area contributed by atoms with Crippen LogP contribution in [-0.4, -0.2) is 4.98 Å². The summed E-state index contributed by atoms with van der Waals surface area (Å²) in [5.41, 5.74) is 5.43. The molecule has 2 nitrogen and oxygen atoms in total. The van der Waals surface area contributed by atoms with E-state index in [1.165, 1.54) is 17.8 Å². The molecule has 0 radical (unpaired) electrons. The predicted octanol–water partition coefficient (Wildman–Crippen LogP) is 3.09. The minimum absolute atomic E-state index is 0.426. The maximum Gasteiger partial charge on any atom is 0.159 e. The Morgan fingerprint density at radius 3 is 2.38 bits per heavy atom. The first-order valence-corrected chi connectivity index (χ1v) is 5.31. The van der Waals surface area contributed by atoms with Crippen LogP contribution in [0.4, 0.5) is 14.6 Å². The zero-order chi connectivity index (χ0) is 11.5. The number of pyridine rings is 1. The lowest BCUT2D eigenvalue weighted by atomic mass is 10.3. The third-order valence-electron chi connectivity index (χ3n) is 1.89. The third-order valence-corrected chi connectivity index (χ3v) is 2.85. The molecule has 0 amide bonds. The maximum atomic E-state index is 12.9. The lowest BCUT2D eigenvalue weighted by Crippen LogP contribution is -1.88. The molecule has 0 saturated heterocycles. The van der Waals surface area contributed by atoms with E-state index in [1.54, 1.807) is 18.3 Å². The van der Waals surface area contributed by atoms with Crippen LogP contribution in [0.2, 0.25) is 0 Å². The Balaban J connectivity index is 2.20. The van der Waals surface area contributed by atoms with E-state index in [2.05, 4.69) is 4.98 Å². The zero-order valence-corrected chi connectivity index (χ0v) is 8.97. The SMILES string of the molecule is Nc1ccc(Sc2ccc(F)c(F)c2)cn1. The predicted molar refractivity (Wildman–Crippen MR) is 59.1 cm³/mol. The van der Waals surface area contributed by atoms with E-state index >= 15 is 0 Å². The lowest BCUT2D eigenvalue weighted by Gasteiger charge is -2.02. The second kappa shape index (κ2) is 4.49. The van der Waals surface area contributed by atoms with Gasteiger partial charge in [-0.3, -0.25) is 0 Å². The average molecular weight is 238 g/mol. The number of nitrogens with zero attached hydrogens (tertiary/aromatic N) is 1. The number of anilines is 1. The summed E-state index contributed by atoms with van der Waals surface area (Å²) < 4.78 is 25.6. The van der Waals surface area contributed by atoms with Crippen molar-refractivity contribution in [2.75, 3.05) is 5.73 Å². The van der Waals surface area contributed by atoms with E-state index in [9.17, 15) is 8.78 Å². The molecule has 0 saturated carbocycles. The number of nitrogens with two attached hydrogens (primary N) is 1. The molecule has 2 rings (SSSR count). The van der Waals surface area contributed by atoms with Gasteiger partial charge in [-0.2, -0.15) is 0 Å². The molecule has 0 aliphatic heterocycles. The fraction of sp³-hybridized carbons (Fsp3) is 0. The Morgan fingerprint density at radius 2 is 1.75 bits per heavy atom. The van der Waals surface area contributed by atoms with Gasteiger partial charge in [-0.15, -0.1) is 0 Å². The van der Waals surface area contributed by atoms with E-state index in [0.717, 1.165) is 17.0 Å². The summed E-state index contributed by atoms with van der Waals surface area (Å²) in [4.78, 5) is 5.34. The van der Waals surface area contributed by atoms with Crippen LogP contribution in [0.25, 0.3) is 0 Å². The van der Waals surface area contributed by atoms with Crippen molar-refractivity contribution >= 4 is 17.6 Å². The molecule has 0 unspecified atom stereocenters. The molecule has 2 aromatic rings. The van der Waals surface area contributed by atoms with Crippen molar-refractivity contribution in [2.24, 2.45) is 0 Å². The van der Waals surface area contributed by atoms with Crippen LogP contribution in [0.3, 0.4) is 0 Å². The van der Waals surface area contributed by atoms with Gasteiger partial charge in [0, 0.05) is 16.0 Å². The third kappa shape index (κ3) is 2.49. The molecule has 0 bridgehead atoms. The Labute approximate surface area is 95.5 Å². The van der Waals surface area contributed by atoms with Crippen molar-refractivity contribution in [3.05, 3.63) is 48.2 Å². The van der Waals surface area contributed by atoms with E-state index in [4.69, 9.17) is 5.73 Å². The first-order chi connectivity index (χ1) is 7.65. The first kappa shape index (κ1) is 10.9. The number of benzene rings is 1. The van der Waals surface area contributed by atoms with Crippen LogP contribution in [0.1, 0.15) is 0 Å². The number of nitrogen functional groups attached to an aromatic ring is 1. The minimum atomic E-state index is -0.853. The summed E-state index contributed by atoms with van der Waals surface area (Å²) in [7, 11) is 0. The molecule has 16 heavy (non-hydrogen) atoms. The lowest BCUT2D eigenvalue weighted by molar-refractivity contribution is 0.506. The Bertz CT molecular complexity index is 500. The van der Waals surface area contributed by atoms with Crippen LogP contribution < -0.4 is 5.73 Å². The van der Waals surface area contributed by atoms with E-state index < -0.39 is 11.6 Å². The molecular weight excluding hydrogens is 230 g/mol. The molecule has 2 N–H and O–H groups in total. The summed E-state index contributed by atoms with van der Waals surface area (Å²) in [5, 5.41) is 0. The summed E-state index contributed by atoms with van der Waals surface area (Å²) in [6.07, 6.45) is 1.58.